The summed E-state index contributed by atoms with van der Waals surface area (Å²) in [4.78, 5) is 0. The van der Waals surface area contributed by atoms with Gasteiger partial charge in [-0.15, -0.1) is 11.3 Å². The molecule has 5 heteroatoms. The fourth-order valence-electron chi connectivity index (χ4n) is 8.69. The maximum Gasteiger partial charge on any atom is 0.198 e. The first-order chi connectivity index (χ1) is 26.0. The Balaban J connectivity index is 1.20. The van der Waals surface area contributed by atoms with Crippen molar-refractivity contribution in [1.29, 1.82) is 0 Å². The molecule has 0 fully saturated rings. The number of nitrogens with one attached hydrogen (secondary N) is 1. The molecule has 4 heterocycles. The van der Waals surface area contributed by atoms with Crippen molar-refractivity contribution in [3.8, 4) is 22.6 Å². The number of allylic oxidation sites excluding steroid dienone is 2. The van der Waals surface area contributed by atoms with Crippen molar-refractivity contribution >= 4 is 94.2 Å². The molecule has 0 bridgehead atoms. The van der Waals surface area contributed by atoms with Gasteiger partial charge in [-0.05, 0) is 78.5 Å². The van der Waals surface area contributed by atoms with Crippen LogP contribution in [0.4, 0.5) is 11.4 Å². The Morgan fingerprint density at radius 2 is 1.49 bits per heavy atom. The van der Waals surface area contributed by atoms with Gasteiger partial charge in [0.25, 0.3) is 0 Å². The number of ether oxygens (including phenoxy) is 1. The number of aromatic nitrogens is 1. The molecule has 0 spiro atoms. The van der Waals surface area contributed by atoms with Crippen LogP contribution in [0.5, 0.6) is 5.75 Å². The molecule has 1 N–H and O–H groups in total. The molecule has 0 saturated carbocycles. The summed E-state index contributed by atoms with van der Waals surface area (Å²) >= 11 is 1.87. The van der Waals surface area contributed by atoms with Gasteiger partial charge in [0.05, 0.1) is 5.52 Å². The first-order valence-corrected chi connectivity index (χ1v) is 19.0. The minimum Gasteiger partial charge on any atom is -0.456 e. The predicted octanol–water partition coefficient (Wildman–Crippen LogP) is 11.3. The number of fused-ring (bicyclic) bond motifs is 9. The van der Waals surface area contributed by atoms with E-state index in [9.17, 15) is 0 Å². The Morgan fingerprint density at radius 1 is 0.717 bits per heavy atom. The molecular formula is C48H33BN2OS. The van der Waals surface area contributed by atoms with Crippen molar-refractivity contribution in [2.24, 2.45) is 0 Å². The molecule has 2 aliphatic heterocycles. The molecule has 7 aromatic carbocycles. The fraction of sp³-hybridized carbons (Fsp3) is 0.0417. The summed E-state index contributed by atoms with van der Waals surface area (Å²) in [6.07, 6.45) is 2.07. The highest BCUT2D eigenvalue weighted by atomic mass is 32.1. The molecule has 0 amide bonds. The van der Waals surface area contributed by atoms with Gasteiger partial charge in [-0.1, -0.05) is 109 Å². The van der Waals surface area contributed by atoms with Gasteiger partial charge in [-0.3, -0.25) is 0 Å². The highest BCUT2D eigenvalue weighted by Crippen LogP contribution is 2.47. The van der Waals surface area contributed by atoms with Gasteiger partial charge in [0.2, 0.25) is 0 Å². The van der Waals surface area contributed by atoms with Gasteiger partial charge in [0, 0.05) is 76.3 Å². The van der Waals surface area contributed by atoms with Crippen molar-refractivity contribution in [1.82, 2.24) is 4.57 Å². The van der Waals surface area contributed by atoms with Gasteiger partial charge in [-0.2, -0.15) is 0 Å². The number of aryl methyl sites for hydroxylation is 2. The zero-order valence-corrected chi connectivity index (χ0v) is 30.3. The summed E-state index contributed by atoms with van der Waals surface area (Å²) in [6, 6.07) is 48.3. The molecular weight excluding hydrogens is 663 g/mol. The summed E-state index contributed by atoms with van der Waals surface area (Å²) in [5.74, 6) is 1.67. The van der Waals surface area contributed by atoms with Crippen LogP contribution in [0.2, 0.25) is 0 Å². The number of thiophene rings is 1. The summed E-state index contributed by atoms with van der Waals surface area (Å²) in [5, 5.41) is 9.05. The first-order valence-electron chi connectivity index (χ1n) is 18.2. The third-order valence-electron chi connectivity index (χ3n) is 11.1. The molecule has 0 radical (unpaired) electrons. The van der Waals surface area contributed by atoms with E-state index in [0.29, 0.717) is 0 Å². The summed E-state index contributed by atoms with van der Waals surface area (Å²) < 4.78 is 11.8. The zero-order valence-electron chi connectivity index (χ0n) is 29.5. The summed E-state index contributed by atoms with van der Waals surface area (Å²) in [7, 11) is 0.788. The van der Waals surface area contributed by atoms with Crippen LogP contribution in [0.15, 0.2) is 146 Å². The Kier molecular flexibility index (Phi) is 6.50. The van der Waals surface area contributed by atoms with E-state index in [1.165, 1.54) is 80.8 Å². The summed E-state index contributed by atoms with van der Waals surface area (Å²) in [5.41, 5.74) is 16.5. The van der Waals surface area contributed by atoms with Crippen LogP contribution in [-0.4, -0.2) is 11.8 Å². The Labute approximate surface area is 312 Å². The van der Waals surface area contributed by atoms with Crippen molar-refractivity contribution in [3.05, 3.63) is 168 Å². The van der Waals surface area contributed by atoms with E-state index in [2.05, 4.69) is 152 Å². The lowest BCUT2D eigenvalue weighted by molar-refractivity contribution is 0.509. The van der Waals surface area contributed by atoms with Gasteiger partial charge in [0.1, 0.15) is 11.5 Å². The first kappa shape index (κ1) is 30.3. The number of anilines is 2. The van der Waals surface area contributed by atoms with Gasteiger partial charge in [0.15, 0.2) is 7.28 Å². The van der Waals surface area contributed by atoms with E-state index in [-0.39, 0.29) is 0 Å². The molecule has 0 saturated heterocycles. The number of hydrogen-bond donors (Lipinski definition) is 1. The number of hydrogen-bond acceptors (Lipinski definition) is 3. The topological polar surface area (TPSA) is 26.2 Å². The second kappa shape index (κ2) is 11.4. The molecule has 0 unspecified atom stereocenters. The van der Waals surface area contributed by atoms with E-state index in [1.807, 2.05) is 29.5 Å². The van der Waals surface area contributed by atoms with E-state index in [0.717, 1.165) is 46.9 Å². The number of benzene rings is 7. The lowest BCUT2D eigenvalue weighted by atomic mass is 9.58. The molecule has 250 valence electrons. The molecule has 0 atom stereocenters. The standard InChI is InChI=1S/C48H33BN2OS/c1-27-17-19-31(20-18-27)50-37-21-22-43-46(33-14-8-10-16-42(33)53-43)45(37)35-23-29(3)44-32-13-7-9-15-38(32)51-39-26-41-34(25-36(39)49-47(35)48(44)51)28(2)24-40(52-41)30-11-5-4-6-12-30/h4-26,49-50H,2H2,1,3H3. The lowest BCUT2D eigenvalue weighted by Crippen LogP contribution is -2.38. The van der Waals surface area contributed by atoms with Crippen LogP contribution in [0.25, 0.3) is 70.1 Å². The average Bonchev–Trinajstić information content (AvgIpc) is 3.74. The Bertz CT molecular complexity index is 3060. The van der Waals surface area contributed by atoms with Gasteiger partial charge >= 0.3 is 0 Å². The van der Waals surface area contributed by atoms with E-state index >= 15 is 0 Å². The summed E-state index contributed by atoms with van der Waals surface area (Å²) in [6.45, 7) is 8.94. The van der Waals surface area contributed by atoms with Crippen molar-refractivity contribution in [3.63, 3.8) is 0 Å². The maximum absolute atomic E-state index is 6.68. The van der Waals surface area contributed by atoms with Crippen LogP contribution in [0.3, 0.4) is 0 Å². The molecule has 0 aliphatic carbocycles. The number of para-hydroxylation sites is 1. The zero-order chi connectivity index (χ0) is 35.4. The second-order valence-electron chi connectivity index (χ2n) is 14.4. The quantitative estimate of drug-likeness (QED) is 0.185. The van der Waals surface area contributed by atoms with E-state index in [4.69, 9.17) is 4.74 Å². The van der Waals surface area contributed by atoms with Crippen LogP contribution >= 0.6 is 11.3 Å². The largest absolute Gasteiger partial charge is 0.456 e. The SMILES string of the molecule is C=C1C=C(c2ccccc2)Oc2cc3c(cc21)Bc1c(-c2c(Nc4ccc(C)cc4)ccc4sc5ccccc5c24)cc(C)c2c4ccccc4n-3c12. The minimum absolute atomic E-state index is 0.788. The average molecular weight is 697 g/mol. The fourth-order valence-corrected chi connectivity index (χ4v) is 9.81. The Morgan fingerprint density at radius 3 is 2.34 bits per heavy atom. The monoisotopic (exact) mass is 696 g/mol. The minimum atomic E-state index is 0.788. The van der Waals surface area contributed by atoms with Gasteiger partial charge < -0.3 is 14.6 Å². The van der Waals surface area contributed by atoms with Crippen LogP contribution in [-0.2, 0) is 0 Å². The Hall–Kier alpha value is -6.30. The van der Waals surface area contributed by atoms with Crippen LogP contribution in [0.1, 0.15) is 22.3 Å². The van der Waals surface area contributed by atoms with Gasteiger partial charge in [-0.25, -0.2) is 0 Å². The molecule has 2 aromatic heterocycles. The lowest BCUT2D eigenvalue weighted by Gasteiger charge is -2.28. The predicted molar refractivity (Wildman–Crippen MR) is 229 cm³/mol. The number of nitrogens with zero attached hydrogens (tertiary/aromatic N) is 1. The molecule has 53 heavy (non-hydrogen) atoms. The molecule has 3 nitrogen and oxygen atoms in total. The van der Waals surface area contributed by atoms with Crippen molar-refractivity contribution in [2.45, 2.75) is 13.8 Å². The molecule has 9 aromatic rings. The van der Waals surface area contributed by atoms with Crippen molar-refractivity contribution < 1.29 is 4.74 Å². The van der Waals surface area contributed by atoms with Crippen molar-refractivity contribution in [2.75, 3.05) is 5.32 Å². The number of rotatable bonds is 4. The van der Waals surface area contributed by atoms with Crippen LogP contribution < -0.4 is 21.0 Å². The maximum atomic E-state index is 6.68. The second-order valence-corrected chi connectivity index (χ2v) is 15.5. The highest BCUT2D eigenvalue weighted by Gasteiger charge is 2.31. The normalized spacial score (nSPS) is 13.2. The molecule has 2 aliphatic rings. The third-order valence-corrected chi connectivity index (χ3v) is 12.2. The van der Waals surface area contributed by atoms with E-state index in [1.54, 1.807) is 0 Å². The highest BCUT2D eigenvalue weighted by molar-refractivity contribution is 7.26. The van der Waals surface area contributed by atoms with Crippen LogP contribution in [0, 0.1) is 13.8 Å². The third kappa shape index (κ3) is 4.54. The molecule has 11 rings (SSSR count). The smallest absolute Gasteiger partial charge is 0.198 e. The van der Waals surface area contributed by atoms with E-state index < -0.39 is 0 Å².